The zero-order valence-electron chi connectivity index (χ0n) is 12.2. The third-order valence-corrected chi connectivity index (χ3v) is 4.36. The molecule has 2 rings (SSSR count). The fraction of sp³-hybridized carbons (Fsp3) is 0.471. The molecule has 1 amide bonds. The van der Waals surface area contributed by atoms with E-state index in [2.05, 4.69) is 27.8 Å². The highest BCUT2D eigenvalue weighted by Crippen LogP contribution is 2.26. The van der Waals surface area contributed by atoms with Crippen LogP contribution in [0.25, 0.3) is 0 Å². The van der Waals surface area contributed by atoms with E-state index in [1.807, 2.05) is 12.1 Å². The molecule has 1 aromatic carbocycles. The normalized spacial score (nSPS) is 16.0. The van der Waals surface area contributed by atoms with Crippen LogP contribution < -0.4 is 10.1 Å². The Balaban J connectivity index is 1.98. The predicted octanol–water partition coefficient (Wildman–Crippen LogP) is 4.47. The summed E-state index contributed by atoms with van der Waals surface area (Å²) in [5, 5.41) is 3.15. The lowest BCUT2D eigenvalue weighted by atomic mass is 10.1. The van der Waals surface area contributed by atoms with E-state index in [1.165, 1.54) is 25.7 Å². The number of ether oxygens (including phenoxy) is 1. The van der Waals surface area contributed by atoms with Gasteiger partial charge >= 0.3 is 0 Å². The average molecular weight is 352 g/mol. The number of nitrogens with one attached hydrogen (secondary N) is 1. The summed E-state index contributed by atoms with van der Waals surface area (Å²) in [5.41, 5.74) is 0.664. The lowest BCUT2D eigenvalue weighted by Gasteiger charge is -2.16. The van der Waals surface area contributed by atoms with Gasteiger partial charge in [0.25, 0.3) is 5.91 Å². The smallest absolute Gasteiger partial charge is 0.251 e. The van der Waals surface area contributed by atoms with Gasteiger partial charge in [-0.2, -0.15) is 0 Å². The zero-order valence-corrected chi connectivity index (χ0v) is 13.8. The van der Waals surface area contributed by atoms with E-state index in [-0.39, 0.29) is 5.91 Å². The lowest BCUT2D eigenvalue weighted by molar-refractivity contribution is 0.0933. The molecule has 0 spiro atoms. The second-order valence-electron chi connectivity index (χ2n) is 5.41. The first-order valence-corrected chi connectivity index (χ1v) is 8.34. The van der Waals surface area contributed by atoms with Crippen molar-refractivity contribution in [2.45, 2.75) is 44.6 Å². The first-order chi connectivity index (χ1) is 10.2. The number of carbonyl (C=O) groups is 1. The molecule has 0 aromatic heterocycles. The van der Waals surface area contributed by atoms with E-state index in [9.17, 15) is 4.79 Å². The highest BCUT2D eigenvalue weighted by molar-refractivity contribution is 9.10. The van der Waals surface area contributed by atoms with Gasteiger partial charge < -0.3 is 10.1 Å². The number of rotatable bonds is 5. The maximum atomic E-state index is 12.3. The van der Waals surface area contributed by atoms with Crippen LogP contribution in [0.2, 0.25) is 0 Å². The van der Waals surface area contributed by atoms with Crippen LogP contribution in [0.3, 0.4) is 0 Å². The van der Waals surface area contributed by atoms with E-state index in [0.717, 1.165) is 23.1 Å². The highest BCUT2D eigenvalue weighted by atomic mass is 79.9. The van der Waals surface area contributed by atoms with E-state index < -0.39 is 0 Å². The number of carbonyl (C=O) groups excluding carboxylic acids is 1. The van der Waals surface area contributed by atoms with Gasteiger partial charge in [-0.15, -0.1) is 0 Å². The maximum absolute atomic E-state index is 12.3. The lowest BCUT2D eigenvalue weighted by Crippen LogP contribution is -2.34. The van der Waals surface area contributed by atoms with Gasteiger partial charge in [-0.05, 0) is 47.0 Å². The van der Waals surface area contributed by atoms with Crippen molar-refractivity contribution in [2.75, 3.05) is 6.61 Å². The summed E-state index contributed by atoms with van der Waals surface area (Å²) in [7, 11) is 0. The van der Waals surface area contributed by atoms with E-state index in [0.29, 0.717) is 18.2 Å². The standard InChI is InChI=1S/C17H22BrNO2/c1-2-11-21-16-10-9-13(12-15(16)18)17(20)19-14-7-5-3-4-6-8-14/h2,9-10,12,14H,1,3-8,11H2,(H,19,20). The van der Waals surface area contributed by atoms with Crippen LogP contribution in [-0.4, -0.2) is 18.6 Å². The largest absolute Gasteiger partial charge is 0.488 e. The number of hydrogen-bond donors (Lipinski definition) is 1. The van der Waals surface area contributed by atoms with E-state index in [1.54, 1.807) is 12.1 Å². The summed E-state index contributed by atoms with van der Waals surface area (Å²) in [6, 6.07) is 5.74. The summed E-state index contributed by atoms with van der Waals surface area (Å²) in [5.74, 6) is 0.721. The Hall–Kier alpha value is -1.29. The molecule has 0 radical (unpaired) electrons. The van der Waals surface area contributed by atoms with Crippen molar-refractivity contribution < 1.29 is 9.53 Å². The number of amides is 1. The van der Waals surface area contributed by atoms with Gasteiger partial charge in [-0.1, -0.05) is 38.3 Å². The monoisotopic (exact) mass is 351 g/mol. The molecule has 0 aliphatic heterocycles. The topological polar surface area (TPSA) is 38.3 Å². The fourth-order valence-electron chi connectivity index (χ4n) is 2.60. The van der Waals surface area contributed by atoms with Crippen LogP contribution in [0.5, 0.6) is 5.75 Å². The van der Waals surface area contributed by atoms with Crippen molar-refractivity contribution >= 4 is 21.8 Å². The maximum Gasteiger partial charge on any atom is 0.251 e. The van der Waals surface area contributed by atoms with Crippen LogP contribution in [0, 0.1) is 0 Å². The van der Waals surface area contributed by atoms with Crippen LogP contribution in [-0.2, 0) is 0 Å². The Kier molecular flexibility index (Phi) is 6.30. The molecule has 0 atom stereocenters. The first-order valence-electron chi connectivity index (χ1n) is 7.55. The van der Waals surface area contributed by atoms with Gasteiger partial charge in [0.1, 0.15) is 12.4 Å². The minimum absolute atomic E-state index is 0.00197. The third kappa shape index (κ3) is 4.88. The Bertz CT molecular complexity index is 494. The summed E-state index contributed by atoms with van der Waals surface area (Å²) in [4.78, 5) is 12.3. The summed E-state index contributed by atoms with van der Waals surface area (Å²) in [6.07, 6.45) is 8.87. The molecular weight excluding hydrogens is 330 g/mol. The molecule has 0 bridgehead atoms. The second-order valence-corrected chi connectivity index (χ2v) is 6.26. The molecule has 1 aliphatic carbocycles. The minimum Gasteiger partial charge on any atom is -0.488 e. The van der Waals surface area contributed by atoms with Gasteiger partial charge in [0.05, 0.1) is 4.47 Å². The molecule has 1 fully saturated rings. The number of hydrogen-bond acceptors (Lipinski definition) is 2. The van der Waals surface area contributed by atoms with Crippen molar-refractivity contribution in [2.24, 2.45) is 0 Å². The predicted molar refractivity (Wildman–Crippen MR) is 88.8 cm³/mol. The molecule has 3 nitrogen and oxygen atoms in total. The molecule has 0 heterocycles. The minimum atomic E-state index is -0.00197. The molecule has 0 unspecified atom stereocenters. The van der Waals surface area contributed by atoms with Crippen molar-refractivity contribution in [3.8, 4) is 5.75 Å². The SMILES string of the molecule is C=CCOc1ccc(C(=O)NC2CCCCCC2)cc1Br. The Morgan fingerprint density at radius 3 is 2.67 bits per heavy atom. The van der Waals surface area contributed by atoms with Crippen LogP contribution in [0.4, 0.5) is 0 Å². The van der Waals surface area contributed by atoms with E-state index in [4.69, 9.17) is 4.74 Å². The molecule has 1 saturated carbocycles. The van der Waals surface area contributed by atoms with Crippen molar-refractivity contribution in [3.05, 3.63) is 40.9 Å². The van der Waals surface area contributed by atoms with Crippen molar-refractivity contribution in [1.82, 2.24) is 5.32 Å². The van der Waals surface area contributed by atoms with Gasteiger partial charge in [-0.3, -0.25) is 4.79 Å². The van der Waals surface area contributed by atoms with Crippen LogP contribution in [0.15, 0.2) is 35.3 Å². The number of benzene rings is 1. The molecule has 114 valence electrons. The first kappa shape index (κ1) is 16.1. The summed E-state index contributed by atoms with van der Waals surface area (Å²) >= 11 is 3.44. The highest BCUT2D eigenvalue weighted by Gasteiger charge is 2.16. The zero-order chi connectivity index (χ0) is 15.1. The second kappa shape index (κ2) is 8.23. The molecule has 0 saturated heterocycles. The molecule has 1 aromatic rings. The molecule has 4 heteroatoms. The Morgan fingerprint density at radius 2 is 2.05 bits per heavy atom. The average Bonchev–Trinajstić information content (AvgIpc) is 2.74. The Morgan fingerprint density at radius 1 is 1.33 bits per heavy atom. The van der Waals surface area contributed by atoms with Gasteiger partial charge in [-0.25, -0.2) is 0 Å². The Labute approximate surface area is 134 Å². The quantitative estimate of drug-likeness (QED) is 0.627. The molecule has 1 N–H and O–H groups in total. The van der Waals surface area contributed by atoms with E-state index >= 15 is 0 Å². The van der Waals surface area contributed by atoms with Gasteiger partial charge in [0.15, 0.2) is 0 Å². The molecular formula is C17H22BrNO2. The molecule has 1 aliphatic rings. The number of halogens is 1. The molecule has 21 heavy (non-hydrogen) atoms. The summed E-state index contributed by atoms with van der Waals surface area (Å²) < 4.78 is 6.28. The van der Waals surface area contributed by atoms with Gasteiger partial charge in [0.2, 0.25) is 0 Å². The van der Waals surface area contributed by atoms with Crippen molar-refractivity contribution in [3.63, 3.8) is 0 Å². The van der Waals surface area contributed by atoms with Crippen LogP contribution >= 0.6 is 15.9 Å². The van der Waals surface area contributed by atoms with Crippen molar-refractivity contribution in [1.29, 1.82) is 0 Å². The summed E-state index contributed by atoms with van der Waals surface area (Å²) in [6.45, 7) is 4.07. The third-order valence-electron chi connectivity index (χ3n) is 3.74. The van der Waals surface area contributed by atoms with Crippen LogP contribution in [0.1, 0.15) is 48.9 Å². The van der Waals surface area contributed by atoms with Gasteiger partial charge in [0, 0.05) is 11.6 Å². The fourth-order valence-corrected chi connectivity index (χ4v) is 3.09.